The summed E-state index contributed by atoms with van der Waals surface area (Å²) in [4.78, 5) is 17.5. The van der Waals surface area contributed by atoms with Crippen LogP contribution in [-0.4, -0.2) is 63.0 Å². The molecule has 2 aromatic carbocycles. The van der Waals surface area contributed by atoms with Crippen LogP contribution in [0.15, 0.2) is 42.5 Å². The molecular formula is C29H37N5O3. The lowest BCUT2D eigenvalue weighted by Gasteiger charge is -2.33. The third-order valence-electron chi connectivity index (χ3n) is 7.63. The number of piperidine rings is 2. The summed E-state index contributed by atoms with van der Waals surface area (Å²) in [6, 6.07) is 14.3. The summed E-state index contributed by atoms with van der Waals surface area (Å²) in [5.41, 5.74) is 1.10. The molecule has 0 bridgehead atoms. The van der Waals surface area contributed by atoms with Gasteiger partial charge in [-0.2, -0.15) is 0 Å². The molecule has 0 spiro atoms. The number of hydrogen-bond donors (Lipinski definition) is 1. The SMILES string of the molecule is COc1ccc(CCNC(=O)C2CCN(c3nnc(N4CCCCC4)c4ccccc34)CC2)cc1OC. The number of carbonyl (C=O) groups is 1. The molecule has 1 amide bonds. The number of nitrogens with zero attached hydrogens (tertiary/aromatic N) is 4. The van der Waals surface area contributed by atoms with Crippen molar-refractivity contribution in [2.24, 2.45) is 5.92 Å². The van der Waals surface area contributed by atoms with Gasteiger partial charge in [0.15, 0.2) is 23.1 Å². The van der Waals surface area contributed by atoms with Gasteiger partial charge in [0.2, 0.25) is 5.91 Å². The monoisotopic (exact) mass is 503 g/mol. The highest BCUT2D eigenvalue weighted by Crippen LogP contribution is 2.33. The molecule has 2 aliphatic heterocycles. The zero-order chi connectivity index (χ0) is 25.6. The molecular weight excluding hydrogens is 466 g/mol. The van der Waals surface area contributed by atoms with Crippen molar-refractivity contribution in [1.82, 2.24) is 15.5 Å². The van der Waals surface area contributed by atoms with Crippen molar-refractivity contribution in [3.05, 3.63) is 48.0 Å². The molecule has 0 radical (unpaired) electrons. The largest absolute Gasteiger partial charge is 0.493 e. The molecule has 8 nitrogen and oxygen atoms in total. The van der Waals surface area contributed by atoms with Gasteiger partial charge in [0.1, 0.15) is 0 Å². The molecule has 0 unspecified atom stereocenters. The number of ether oxygens (including phenoxy) is 2. The van der Waals surface area contributed by atoms with Crippen LogP contribution in [0.3, 0.4) is 0 Å². The fourth-order valence-corrected chi connectivity index (χ4v) is 5.51. The van der Waals surface area contributed by atoms with E-state index in [0.29, 0.717) is 18.0 Å². The van der Waals surface area contributed by atoms with E-state index in [1.165, 1.54) is 24.6 Å². The maximum absolute atomic E-state index is 12.9. The van der Waals surface area contributed by atoms with Gasteiger partial charge in [-0.3, -0.25) is 4.79 Å². The Kier molecular flexibility index (Phi) is 7.92. The molecule has 3 aromatic rings. The van der Waals surface area contributed by atoms with E-state index in [-0.39, 0.29) is 11.8 Å². The van der Waals surface area contributed by atoms with Gasteiger partial charge in [-0.05, 0) is 56.2 Å². The van der Waals surface area contributed by atoms with Crippen LogP contribution in [0.2, 0.25) is 0 Å². The van der Waals surface area contributed by atoms with Crippen LogP contribution in [0.4, 0.5) is 11.6 Å². The van der Waals surface area contributed by atoms with Crippen molar-refractivity contribution in [3.8, 4) is 11.5 Å². The number of aromatic nitrogens is 2. The third-order valence-corrected chi connectivity index (χ3v) is 7.63. The molecule has 1 aromatic heterocycles. The number of hydrogen-bond acceptors (Lipinski definition) is 7. The Morgan fingerprint density at radius 2 is 1.49 bits per heavy atom. The molecule has 1 N–H and O–H groups in total. The first-order valence-electron chi connectivity index (χ1n) is 13.4. The number of anilines is 2. The Labute approximate surface area is 218 Å². The van der Waals surface area contributed by atoms with Crippen LogP contribution in [0.1, 0.15) is 37.7 Å². The van der Waals surface area contributed by atoms with E-state index < -0.39 is 0 Å². The lowest BCUT2D eigenvalue weighted by Crippen LogP contribution is -2.41. The standard InChI is InChI=1S/C29H37N5O3/c1-36-25-11-10-21(20-26(25)37-2)12-15-30-29(35)22-13-18-34(19-14-22)28-24-9-5-4-8-23(24)27(31-32-28)33-16-6-3-7-17-33/h4-5,8-11,20,22H,3,6-7,12-19H2,1-2H3,(H,30,35). The normalized spacial score (nSPS) is 16.6. The van der Waals surface area contributed by atoms with Crippen LogP contribution in [0.5, 0.6) is 11.5 Å². The van der Waals surface area contributed by atoms with Gasteiger partial charge < -0.3 is 24.6 Å². The fourth-order valence-electron chi connectivity index (χ4n) is 5.51. The van der Waals surface area contributed by atoms with Gasteiger partial charge in [0.25, 0.3) is 0 Å². The molecule has 8 heteroatoms. The van der Waals surface area contributed by atoms with E-state index in [4.69, 9.17) is 19.7 Å². The van der Waals surface area contributed by atoms with Crippen LogP contribution >= 0.6 is 0 Å². The first-order valence-corrected chi connectivity index (χ1v) is 13.4. The maximum Gasteiger partial charge on any atom is 0.223 e. The molecule has 5 rings (SSSR count). The highest BCUT2D eigenvalue weighted by Gasteiger charge is 2.27. The van der Waals surface area contributed by atoms with E-state index in [0.717, 1.165) is 68.0 Å². The number of nitrogens with one attached hydrogen (secondary N) is 1. The number of rotatable bonds is 8. The second kappa shape index (κ2) is 11.7. The fraction of sp³-hybridized carbons (Fsp3) is 0.483. The van der Waals surface area contributed by atoms with Crippen molar-refractivity contribution in [1.29, 1.82) is 0 Å². The van der Waals surface area contributed by atoms with Crippen molar-refractivity contribution < 1.29 is 14.3 Å². The summed E-state index contributed by atoms with van der Waals surface area (Å²) in [7, 11) is 3.26. The maximum atomic E-state index is 12.9. The molecule has 0 aliphatic carbocycles. The summed E-state index contributed by atoms with van der Waals surface area (Å²) in [6.45, 7) is 4.29. The van der Waals surface area contributed by atoms with Crippen LogP contribution < -0.4 is 24.6 Å². The van der Waals surface area contributed by atoms with Crippen molar-refractivity contribution in [2.45, 2.75) is 38.5 Å². The number of carbonyl (C=O) groups excluding carboxylic acids is 1. The average molecular weight is 504 g/mol. The second-order valence-electron chi connectivity index (χ2n) is 9.93. The topological polar surface area (TPSA) is 79.8 Å². The summed E-state index contributed by atoms with van der Waals surface area (Å²) in [5.74, 6) is 3.51. The number of amides is 1. The Morgan fingerprint density at radius 1 is 0.865 bits per heavy atom. The van der Waals surface area contributed by atoms with E-state index in [1.807, 2.05) is 18.2 Å². The van der Waals surface area contributed by atoms with Crippen LogP contribution in [0.25, 0.3) is 10.8 Å². The Morgan fingerprint density at radius 3 is 2.11 bits per heavy atom. The van der Waals surface area contributed by atoms with Gasteiger partial charge in [0, 0.05) is 49.4 Å². The van der Waals surface area contributed by atoms with Gasteiger partial charge in [-0.1, -0.05) is 30.3 Å². The van der Waals surface area contributed by atoms with Gasteiger partial charge in [-0.25, -0.2) is 0 Å². The van der Waals surface area contributed by atoms with Crippen molar-refractivity contribution in [2.75, 3.05) is 56.7 Å². The summed E-state index contributed by atoms with van der Waals surface area (Å²) >= 11 is 0. The second-order valence-corrected chi connectivity index (χ2v) is 9.93. The minimum Gasteiger partial charge on any atom is -0.493 e. The number of methoxy groups -OCH3 is 2. The minimum absolute atomic E-state index is 0.0218. The average Bonchev–Trinajstić information content (AvgIpc) is 2.97. The Bertz CT molecular complexity index is 1220. The van der Waals surface area contributed by atoms with E-state index in [1.54, 1.807) is 14.2 Å². The molecule has 2 aliphatic rings. The Hall–Kier alpha value is -3.55. The predicted octanol–water partition coefficient (Wildman–Crippen LogP) is 4.21. The summed E-state index contributed by atoms with van der Waals surface area (Å²) in [6.07, 6.45) is 6.08. The molecule has 196 valence electrons. The zero-order valence-electron chi connectivity index (χ0n) is 21.9. The highest BCUT2D eigenvalue weighted by molar-refractivity contribution is 5.99. The highest BCUT2D eigenvalue weighted by atomic mass is 16.5. The van der Waals surface area contributed by atoms with E-state index in [9.17, 15) is 4.79 Å². The molecule has 0 saturated carbocycles. The first-order chi connectivity index (χ1) is 18.2. The van der Waals surface area contributed by atoms with Gasteiger partial charge in [-0.15, -0.1) is 10.2 Å². The Balaban J connectivity index is 1.17. The van der Waals surface area contributed by atoms with E-state index in [2.05, 4.69) is 39.4 Å². The van der Waals surface area contributed by atoms with Gasteiger partial charge in [0.05, 0.1) is 14.2 Å². The molecule has 37 heavy (non-hydrogen) atoms. The molecule has 2 fully saturated rings. The first kappa shape index (κ1) is 25.1. The molecule has 0 atom stereocenters. The minimum atomic E-state index is 0.0218. The molecule has 3 heterocycles. The lowest BCUT2D eigenvalue weighted by atomic mass is 9.95. The van der Waals surface area contributed by atoms with Crippen LogP contribution in [-0.2, 0) is 11.2 Å². The predicted molar refractivity (Wildman–Crippen MR) is 147 cm³/mol. The zero-order valence-corrected chi connectivity index (χ0v) is 21.9. The van der Waals surface area contributed by atoms with Gasteiger partial charge >= 0.3 is 0 Å². The summed E-state index contributed by atoms with van der Waals surface area (Å²) in [5, 5.41) is 14.8. The van der Waals surface area contributed by atoms with Crippen LogP contribution in [0, 0.1) is 5.92 Å². The lowest BCUT2D eigenvalue weighted by molar-refractivity contribution is -0.125. The number of benzene rings is 2. The smallest absolute Gasteiger partial charge is 0.223 e. The quantitative estimate of drug-likeness (QED) is 0.493. The van der Waals surface area contributed by atoms with Crippen molar-refractivity contribution >= 4 is 28.3 Å². The summed E-state index contributed by atoms with van der Waals surface area (Å²) < 4.78 is 10.7. The number of fused-ring (bicyclic) bond motifs is 1. The van der Waals surface area contributed by atoms with Crippen molar-refractivity contribution in [3.63, 3.8) is 0 Å². The van der Waals surface area contributed by atoms with E-state index >= 15 is 0 Å². The molecule has 2 saturated heterocycles. The third kappa shape index (κ3) is 5.58.